The van der Waals surface area contributed by atoms with Crippen LogP contribution in [-0.2, 0) is 16.0 Å². The molecule has 0 saturated heterocycles. The van der Waals surface area contributed by atoms with E-state index < -0.39 is 23.5 Å². The van der Waals surface area contributed by atoms with E-state index >= 15 is 0 Å². The molecule has 0 aliphatic carbocycles. The molecule has 0 radical (unpaired) electrons. The van der Waals surface area contributed by atoms with Crippen molar-refractivity contribution in [3.05, 3.63) is 69.5 Å². The van der Waals surface area contributed by atoms with Crippen LogP contribution in [0.3, 0.4) is 0 Å². The summed E-state index contributed by atoms with van der Waals surface area (Å²) in [6, 6.07) is 6.86. The van der Waals surface area contributed by atoms with Gasteiger partial charge in [0.05, 0.1) is 18.2 Å². The van der Waals surface area contributed by atoms with Gasteiger partial charge in [-0.25, -0.2) is 14.0 Å². The highest BCUT2D eigenvalue weighted by Crippen LogP contribution is 2.37. The normalized spacial score (nSPS) is 12.2. The first kappa shape index (κ1) is 23.2. The molecule has 176 valence electrons. The number of fused-ring (bicyclic) bond motifs is 2. The van der Waals surface area contributed by atoms with Crippen molar-refractivity contribution in [1.29, 1.82) is 0 Å². The molecule has 2 N–H and O–H groups in total. The number of rotatable bonds is 7. The minimum atomic E-state index is -1.12. The van der Waals surface area contributed by atoms with E-state index in [1.165, 1.54) is 12.1 Å². The average Bonchev–Trinajstić information content (AvgIpc) is 3.22. The number of furan rings is 1. The molecule has 0 saturated carbocycles. The second-order valence-electron chi connectivity index (χ2n) is 8.33. The van der Waals surface area contributed by atoms with Crippen molar-refractivity contribution >= 4 is 33.8 Å². The predicted molar refractivity (Wildman–Crippen MR) is 125 cm³/mol. The molecule has 0 fully saturated rings. The smallest absolute Gasteiger partial charge is 0.340 e. The topological polar surface area (TPSA) is 110 Å². The molecule has 1 atom stereocenters. The molecule has 7 nitrogen and oxygen atoms in total. The average molecular weight is 465 g/mol. The van der Waals surface area contributed by atoms with Crippen molar-refractivity contribution in [2.75, 3.05) is 0 Å². The van der Waals surface area contributed by atoms with Crippen molar-refractivity contribution in [2.45, 2.75) is 46.1 Å². The van der Waals surface area contributed by atoms with E-state index in [9.17, 15) is 23.9 Å². The Morgan fingerprint density at radius 3 is 2.44 bits per heavy atom. The maximum Gasteiger partial charge on any atom is 0.340 e. The molecule has 0 bridgehead atoms. The molecule has 4 aromatic rings. The number of carbonyl (C=O) groups is 2. The zero-order valence-electron chi connectivity index (χ0n) is 19.0. The van der Waals surface area contributed by atoms with Gasteiger partial charge in [-0.2, -0.15) is 0 Å². The Bertz CT molecular complexity index is 1470. The summed E-state index contributed by atoms with van der Waals surface area (Å²) < 4.78 is 24.7. The molecule has 1 amide bonds. The molecule has 2 heterocycles. The number of hydrogen-bond donors (Lipinski definition) is 2. The highest BCUT2D eigenvalue weighted by Gasteiger charge is 2.23. The van der Waals surface area contributed by atoms with Gasteiger partial charge < -0.3 is 19.3 Å². The number of amides is 1. The second kappa shape index (κ2) is 9.13. The minimum Gasteiger partial charge on any atom is -0.480 e. The van der Waals surface area contributed by atoms with Crippen LogP contribution in [-0.4, -0.2) is 23.0 Å². The summed E-state index contributed by atoms with van der Waals surface area (Å²) in [5, 5.41) is 13.2. The Morgan fingerprint density at radius 2 is 1.79 bits per heavy atom. The van der Waals surface area contributed by atoms with Gasteiger partial charge in [-0.05, 0) is 49.6 Å². The van der Waals surface area contributed by atoms with Crippen LogP contribution >= 0.6 is 0 Å². The maximum absolute atomic E-state index is 13.4. The summed E-state index contributed by atoms with van der Waals surface area (Å²) in [6.07, 6.45) is 2.15. The van der Waals surface area contributed by atoms with E-state index in [0.717, 1.165) is 16.5 Å². The van der Waals surface area contributed by atoms with Gasteiger partial charge in [0.1, 0.15) is 23.0 Å². The first-order chi connectivity index (χ1) is 16.2. The maximum atomic E-state index is 13.4. The monoisotopic (exact) mass is 465 g/mol. The van der Waals surface area contributed by atoms with E-state index in [1.54, 1.807) is 32.2 Å². The first-order valence-electron chi connectivity index (χ1n) is 11.0. The quantitative estimate of drug-likeness (QED) is 0.377. The van der Waals surface area contributed by atoms with E-state index in [0.29, 0.717) is 34.1 Å². The molecule has 0 aliphatic rings. The second-order valence-corrected chi connectivity index (χ2v) is 8.33. The Kier molecular flexibility index (Phi) is 6.24. The Hall–Kier alpha value is -3.94. The molecule has 0 aliphatic heterocycles. The largest absolute Gasteiger partial charge is 0.480 e. The van der Waals surface area contributed by atoms with E-state index in [1.807, 2.05) is 13.0 Å². The fourth-order valence-corrected chi connectivity index (χ4v) is 4.21. The molecule has 0 spiro atoms. The van der Waals surface area contributed by atoms with Crippen molar-refractivity contribution in [3.63, 3.8) is 0 Å². The van der Waals surface area contributed by atoms with Crippen molar-refractivity contribution in [3.8, 4) is 11.1 Å². The lowest BCUT2D eigenvalue weighted by Crippen LogP contribution is -2.41. The zero-order chi connectivity index (χ0) is 24.6. The van der Waals surface area contributed by atoms with Crippen molar-refractivity contribution in [2.24, 2.45) is 0 Å². The minimum absolute atomic E-state index is 0.163. The van der Waals surface area contributed by atoms with Gasteiger partial charge in [0.2, 0.25) is 5.91 Å². The van der Waals surface area contributed by atoms with Crippen LogP contribution in [0, 0.1) is 19.7 Å². The number of halogens is 1. The highest BCUT2D eigenvalue weighted by molar-refractivity contribution is 6.05. The summed E-state index contributed by atoms with van der Waals surface area (Å²) in [5.41, 5.74) is 3.13. The fourth-order valence-electron chi connectivity index (χ4n) is 4.21. The van der Waals surface area contributed by atoms with Gasteiger partial charge in [-0.15, -0.1) is 0 Å². The SMILES string of the molecule is CCC[C@@H](NC(=O)Cc1c(C)c2cc3c(-c4ccc(F)cc4)coc3c(C)c2oc1=O)C(=O)O. The van der Waals surface area contributed by atoms with Crippen LogP contribution < -0.4 is 10.9 Å². The summed E-state index contributed by atoms with van der Waals surface area (Å²) in [6.45, 7) is 5.33. The van der Waals surface area contributed by atoms with E-state index in [2.05, 4.69) is 5.32 Å². The van der Waals surface area contributed by atoms with Gasteiger partial charge in [0.15, 0.2) is 0 Å². The number of hydrogen-bond acceptors (Lipinski definition) is 5. The van der Waals surface area contributed by atoms with Gasteiger partial charge in [0.25, 0.3) is 0 Å². The van der Waals surface area contributed by atoms with E-state index in [4.69, 9.17) is 8.83 Å². The molecular formula is C26H24FNO6. The van der Waals surface area contributed by atoms with Crippen LogP contribution in [0.2, 0.25) is 0 Å². The van der Waals surface area contributed by atoms with Crippen LogP contribution in [0.15, 0.2) is 50.2 Å². The van der Waals surface area contributed by atoms with Gasteiger partial charge in [-0.3, -0.25) is 4.79 Å². The van der Waals surface area contributed by atoms with Gasteiger partial charge in [-0.1, -0.05) is 25.5 Å². The molecule has 2 aromatic carbocycles. The number of aryl methyl sites for hydroxylation is 2. The standard InChI is InChI=1S/C26H24FNO6/c1-4-5-21(25(30)31)28-22(29)11-18-13(2)17-10-19-20(15-6-8-16(27)9-7-15)12-33-23(19)14(3)24(17)34-26(18)32/h6-10,12,21H,4-5,11H2,1-3H3,(H,28,29)(H,30,31)/t21-/m1/s1. The lowest BCUT2D eigenvalue weighted by molar-refractivity contribution is -0.141. The van der Waals surface area contributed by atoms with Crippen LogP contribution in [0.4, 0.5) is 4.39 Å². The molecule has 0 unspecified atom stereocenters. The molecule has 34 heavy (non-hydrogen) atoms. The van der Waals surface area contributed by atoms with Crippen molar-refractivity contribution < 1.29 is 27.9 Å². The number of carbonyl (C=O) groups excluding carboxylic acids is 1. The van der Waals surface area contributed by atoms with Gasteiger partial charge in [0, 0.05) is 21.9 Å². The summed E-state index contributed by atoms with van der Waals surface area (Å²) in [7, 11) is 0. The number of aliphatic carboxylic acids is 1. The lowest BCUT2D eigenvalue weighted by atomic mass is 9.97. The third-order valence-electron chi connectivity index (χ3n) is 6.04. The molecule has 4 rings (SSSR count). The summed E-state index contributed by atoms with van der Waals surface area (Å²) in [4.78, 5) is 36.7. The number of nitrogens with one attached hydrogen (secondary N) is 1. The third-order valence-corrected chi connectivity index (χ3v) is 6.04. The number of carboxylic acid groups (broad SMARTS) is 1. The first-order valence-corrected chi connectivity index (χ1v) is 11.0. The molecule has 2 aromatic heterocycles. The zero-order valence-corrected chi connectivity index (χ0v) is 19.0. The van der Waals surface area contributed by atoms with Crippen LogP contribution in [0.5, 0.6) is 0 Å². The summed E-state index contributed by atoms with van der Waals surface area (Å²) in [5.74, 6) is -2.03. The Labute approximate surface area is 194 Å². The van der Waals surface area contributed by atoms with Gasteiger partial charge >= 0.3 is 11.6 Å². The predicted octanol–water partition coefficient (Wildman–Crippen LogP) is 4.87. The molecule has 8 heteroatoms. The summed E-state index contributed by atoms with van der Waals surface area (Å²) >= 11 is 0. The molecular weight excluding hydrogens is 441 g/mol. The third kappa shape index (κ3) is 4.19. The van der Waals surface area contributed by atoms with Crippen LogP contribution in [0.25, 0.3) is 33.1 Å². The van der Waals surface area contributed by atoms with Crippen molar-refractivity contribution in [1.82, 2.24) is 5.32 Å². The number of benzene rings is 2. The van der Waals surface area contributed by atoms with Crippen LogP contribution in [0.1, 0.15) is 36.5 Å². The highest BCUT2D eigenvalue weighted by atomic mass is 19.1. The fraction of sp³-hybridized carbons (Fsp3) is 0.269. The Morgan fingerprint density at radius 1 is 1.09 bits per heavy atom. The van der Waals surface area contributed by atoms with E-state index in [-0.39, 0.29) is 24.2 Å². The number of carboxylic acids is 1. The lowest BCUT2D eigenvalue weighted by Gasteiger charge is -2.14. The Balaban J connectivity index is 1.79.